The second kappa shape index (κ2) is 9.62. The molecular weight excluding hydrogens is 488 g/mol. The smallest absolute Gasteiger partial charge is 0.357 e. The number of benzene rings is 2. The lowest BCUT2D eigenvalue weighted by Crippen LogP contribution is -2.25. The molecule has 0 saturated carbocycles. The SMILES string of the molecule is O=C(Nc1cc(CN2CCN(c3ccc(S(=O)(=O)C(F)(F)F)cc3)C2)ccn1)c1ccc(F)cc1. The van der Waals surface area contributed by atoms with E-state index in [0.717, 1.165) is 17.7 Å². The molecule has 0 spiro atoms. The van der Waals surface area contributed by atoms with E-state index in [9.17, 15) is 30.8 Å². The summed E-state index contributed by atoms with van der Waals surface area (Å²) >= 11 is 0. The van der Waals surface area contributed by atoms with E-state index in [4.69, 9.17) is 0 Å². The van der Waals surface area contributed by atoms with Crippen molar-refractivity contribution in [1.29, 1.82) is 0 Å². The Morgan fingerprint density at radius 3 is 2.34 bits per heavy atom. The van der Waals surface area contributed by atoms with E-state index in [1.54, 1.807) is 18.3 Å². The first-order valence-corrected chi connectivity index (χ1v) is 11.9. The van der Waals surface area contributed by atoms with E-state index in [1.807, 2.05) is 4.90 Å². The number of alkyl halides is 3. The highest BCUT2D eigenvalue weighted by Gasteiger charge is 2.46. The topological polar surface area (TPSA) is 82.6 Å². The minimum Gasteiger partial charge on any atom is -0.357 e. The van der Waals surface area contributed by atoms with Crippen LogP contribution in [-0.4, -0.2) is 49.5 Å². The van der Waals surface area contributed by atoms with Crippen LogP contribution in [-0.2, 0) is 16.4 Å². The van der Waals surface area contributed by atoms with Crippen molar-refractivity contribution in [2.45, 2.75) is 16.9 Å². The van der Waals surface area contributed by atoms with Gasteiger partial charge in [-0.3, -0.25) is 9.69 Å². The summed E-state index contributed by atoms with van der Waals surface area (Å²) < 4.78 is 74.3. The van der Waals surface area contributed by atoms with Gasteiger partial charge in [-0.2, -0.15) is 13.2 Å². The molecule has 35 heavy (non-hydrogen) atoms. The summed E-state index contributed by atoms with van der Waals surface area (Å²) in [6.45, 7) is 2.27. The minimum absolute atomic E-state index is 0.294. The first kappa shape index (κ1) is 24.6. The summed E-state index contributed by atoms with van der Waals surface area (Å²) in [5.41, 5.74) is -3.57. The molecule has 0 atom stereocenters. The molecule has 7 nitrogen and oxygen atoms in total. The zero-order valence-electron chi connectivity index (χ0n) is 18.2. The van der Waals surface area contributed by atoms with Crippen molar-refractivity contribution >= 4 is 27.2 Å². The van der Waals surface area contributed by atoms with E-state index in [-0.39, 0.29) is 0 Å². The summed E-state index contributed by atoms with van der Waals surface area (Å²) in [6.07, 6.45) is 1.56. The molecule has 1 amide bonds. The molecule has 1 N–H and O–H groups in total. The van der Waals surface area contributed by atoms with Crippen LogP contribution in [0.15, 0.2) is 71.8 Å². The summed E-state index contributed by atoms with van der Waals surface area (Å²) in [5.74, 6) is -0.518. The first-order chi connectivity index (χ1) is 16.5. The van der Waals surface area contributed by atoms with E-state index in [2.05, 4.69) is 15.2 Å². The Morgan fingerprint density at radius 2 is 1.69 bits per heavy atom. The van der Waals surface area contributed by atoms with Crippen molar-refractivity contribution in [2.24, 2.45) is 0 Å². The fourth-order valence-corrected chi connectivity index (χ4v) is 4.41. The molecule has 1 saturated heterocycles. The number of amides is 1. The Kier molecular flexibility index (Phi) is 6.77. The number of anilines is 2. The highest BCUT2D eigenvalue weighted by Crippen LogP contribution is 2.31. The van der Waals surface area contributed by atoms with Crippen molar-refractivity contribution in [1.82, 2.24) is 9.88 Å². The molecule has 0 unspecified atom stereocenters. The van der Waals surface area contributed by atoms with Gasteiger partial charge in [0.2, 0.25) is 0 Å². The Bertz CT molecular complexity index is 1310. The van der Waals surface area contributed by atoms with Gasteiger partial charge >= 0.3 is 5.51 Å². The predicted molar refractivity (Wildman–Crippen MR) is 121 cm³/mol. The van der Waals surface area contributed by atoms with Crippen LogP contribution in [0.1, 0.15) is 15.9 Å². The van der Waals surface area contributed by atoms with Crippen molar-refractivity contribution in [3.05, 3.63) is 83.8 Å². The maximum absolute atomic E-state index is 13.0. The third-order valence-corrected chi connectivity index (χ3v) is 6.95. The average molecular weight is 508 g/mol. The van der Waals surface area contributed by atoms with Gasteiger partial charge in [0, 0.05) is 37.1 Å². The van der Waals surface area contributed by atoms with Crippen molar-refractivity contribution in [3.8, 4) is 0 Å². The van der Waals surface area contributed by atoms with Crippen LogP contribution < -0.4 is 10.2 Å². The Balaban J connectivity index is 1.37. The molecule has 2 aromatic carbocycles. The fourth-order valence-electron chi connectivity index (χ4n) is 3.64. The maximum atomic E-state index is 13.0. The maximum Gasteiger partial charge on any atom is 0.501 e. The second-order valence-corrected chi connectivity index (χ2v) is 9.85. The summed E-state index contributed by atoms with van der Waals surface area (Å²) in [6, 6.07) is 13.3. The Labute approximate surface area is 198 Å². The number of hydrogen-bond acceptors (Lipinski definition) is 6. The van der Waals surface area contributed by atoms with Crippen LogP contribution >= 0.6 is 0 Å². The number of aromatic nitrogens is 1. The lowest BCUT2D eigenvalue weighted by atomic mass is 10.2. The van der Waals surface area contributed by atoms with Gasteiger partial charge in [-0.15, -0.1) is 0 Å². The largest absolute Gasteiger partial charge is 0.501 e. The van der Waals surface area contributed by atoms with Gasteiger partial charge in [0.05, 0.1) is 11.6 Å². The number of carbonyl (C=O) groups is 1. The summed E-state index contributed by atoms with van der Waals surface area (Å²) in [4.78, 5) is 19.7. The molecule has 12 heteroatoms. The third kappa shape index (κ3) is 5.60. The number of nitrogens with one attached hydrogen (secondary N) is 1. The molecule has 0 radical (unpaired) electrons. The zero-order valence-corrected chi connectivity index (χ0v) is 19.0. The number of halogens is 4. The standard InChI is InChI=1S/C23H20F4N4O3S/c24-18-3-1-17(2-4-18)22(32)29-21-13-16(9-10-28-21)14-30-11-12-31(15-30)19-5-7-20(8-6-19)35(33,34)23(25,26)27/h1-10,13H,11-12,14-15H2,(H,28,29,32). The number of carbonyl (C=O) groups excluding carboxylic acids is 1. The van der Waals surface area contributed by atoms with Gasteiger partial charge in [0.1, 0.15) is 11.6 Å². The second-order valence-electron chi connectivity index (χ2n) is 7.91. The van der Waals surface area contributed by atoms with Crippen LogP contribution in [0.3, 0.4) is 0 Å². The summed E-state index contributed by atoms with van der Waals surface area (Å²) in [7, 11) is -5.38. The molecule has 1 aliphatic heterocycles. The summed E-state index contributed by atoms with van der Waals surface area (Å²) in [5, 5.41) is 2.67. The van der Waals surface area contributed by atoms with E-state index in [0.29, 0.717) is 43.4 Å². The van der Waals surface area contributed by atoms with E-state index in [1.165, 1.54) is 36.4 Å². The first-order valence-electron chi connectivity index (χ1n) is 10.4. The molecule has 1 fully saturated rings. The number of pyridine rings is 1. The van der Waals surface area contributed by atoms with Crippen LogP contribution in [0.2, 0.25) is 0 Å². The van der Waals surface area contributed by atoms with Gasteiger partial charge in [0.25, 0.3) is 15.7 Å². The zero-order chi connectivity index (χ0) is 25.2. The van der Waals surface area contributed by atoms with Crippen molar-refractivity contribution in [3.63, 3.8) is 0 Å². The molecule has 4 rings (SSSR count). The highest BCUT2D eigenvalue weighted by molar-refractivity contribution is 7.92. The molecule has 1 aromatic heterocycles. The van der Waals surface area contributed by atoms with Gasteiger partial charge < -0.3 is 10.2 Å². The van der Waals surface area contributed by atoms with E-state index >= 15 is 0 Å². The number of hydrogen-bond donors (Lipinski definition) is 1. The Morgan fingerprint density at radius 1 is 1.00 bits per heavy atom. The Hall–Kier alpha value is -3.51. The lowest BCUT2D eigenvalue weighted by molar-refractivity contribution is -0.0436. The number of rotatable bonds is 6. The number of sulfone groups is 1. The third-order valence-electron chi connectivity index (χ3n) is 5.45. The molecule has 2 heterocycles. The van der Waals surface area contributed by atoms with Crippen LogP contribution in [0, 0.1) is 5.82 Å². The molecule has 0 bridgehead atoms. The lowest BCUT2D eigenvalue weighted by Gasteiger charge is -2.20. The van der Waals surface area contributed by atoms with E-state index < -0.39 is 32.0 Å². The average Bonchev–Trinajstić information content (AvgIpc) is 3.27. The van der Waals surface area contributed by atoms with Crippen LogP contribution in [0.5, 0.6) is 0 Å². The van der Waals surface area contributed by atoms with Crippen molar-refractivity contribution in [2.75, 3.05) is 30.0 Å². The molecule has 0 aliphatic carbocycles. The molecule has 184 valence electrons. The van der Waals surface area contributed by atoms with Gasteiger partial charge in [-0.25, -0.2) is 17.8 Å². The normalized spacial score (nSPS) is 14.8. The monoisotopic (exact) mass is 508 g/mol. The van der Waals surface area contributed by atoms with Crippen LogP contribution in [0.4, 0.5) is 29.1 Å². The molecule has 1 aliphatic rings. The quantitative estimate of drug-likeness (QED) is 0.506. The van der Waals surface area contributed by atoms with Gasteiger partial charge in [-0.1, -0.05) is 0 Å². The highest BCUT2D eigenvalue weighted by atomic mass is 32.2. The molecule has 3 aromatic rings. The van der Waals surface area contributed by atoms with Gasteiger partial charge in [-0.05, 0) is 66.2 Å². The van der Waals surface area contributed by atoms with Gasteiger partial charge in [0.15, 0.2) is 0 Å². The van der Waals surface area contributed by atoms with Crippen molar-refractivity contribution < 1.29 is 30.8 Å². The fraction of sp³-hybridized carbons (Fsp3) is 0.217. The minimum atomic E-state index is -5.38. The molecular formula is C23H20F4N4O3S. The predicted octanol–water partition coefficient (Wildman–Crippen LogP) is 4.05. The number of nitrogens with zero attached hydrogens (tertiary/aromatic N) is 3. The van der Waals surface area contributed by atoms with Crippen LogP contribution in [0.25, 0.3) is 0 Å².